The number of benzene rings is 3. The van der Waals surface area contributed by atoms with Gasteiger partial charge in [0.15, 0.2) is 0 Å². The van der Waals surface area contributed by atoms with Gasteiger partial charge in [0.2, 0.25) is 11.9 Å². The fourth-order valence-corrected chi connectivity index (χ4v) is 5.20. The molecule has 1 aliphatic heterocycles. The van der Waals surface area contributed by atoms with Gasteiger partial charge in [-0.3, -0.25) is 19.7 Å². The van der Waals surface area contributed by atoms with Crippen LogP contribution in [0.15, 0.2) is 84.7 Å². The molecular weight excluding hydrogens is 627 g/mol. The van der Waals surface area contributed by atoms with Gasteiger partial charge in [0, 0.05) is 33.8 Å². The van der Waals surface area contributed by atoms with Crippen LogP contribution >= 0.6 is 0 Å². The van der Waals surface area contributed by atoms with Gasteiger partial charge in [-0.2, -0.15) is 13.2 Å². The molecular formula is C34H30F3N7O4. The Bertz CT molecular complexity index is 1920. The molecule has 246 valence electrons. The number of halogens is 3. The van der Waals surface area contributed by atoms with Gasteiger partial charge in [0.1, 0.15) is 11.5 Å². The van der Waals surface area contributed by atoms with E-state index in [1.165, 1.54) is 30.6 Å². The summed E-state index contributed by atoms with van der Waals surface area (Å²) in [6, 6.07) is 15.4. The van der Waals surface area contributed by atoms with Gasteiger partial charge >= 0.3 is 6.18 Å². The number of aromatic nitrogens is 2. The van der Waals surface area contributed by atoms with E-state index in [0.717, 1.165) is 24.6 Å². The molecule has 5 rings (SSSR count). The molecule has 14 heteroatoms. The van der Waals surface area contributed by atoms with Crippen molar-refractivity contribution in [3.63, 3.8) is 0 Å². The van der Waals surface area contributed by atoms with E-state index in [0.29, 0.717) is 29.9 Å². The minimum atomic E-state index is -4.60. The number of rotatable bonds is 9. The molecule has 2 heterocycles. The molecule has 0 aliphatic carbocycles. The number of hydrogen-bond donors (Lipinski definition) is 5. The molecule has 5 N–H and O–H groups in total. The van der Waals surface area contributed by atoms with Crippen LogP contribution in [0.3, 0.4) is 0 Å². The summed E-state index contributed by atoms with van der Waals surface area (Å²) in [6.07, 6.45) is -0.590. The molecule has 4 aromatic rings. The Morgan fingerprint density at radius 2 is 1.54 bits per heavy atom. The van der Waals surface area contributed by atoms with Gasteiger partial charge in [-0.1, -0.05) is 18.2 Å². The Balaban J connectivity index is 1.21. The zero-order valence-corrected chi connectivity index (χ0v) is 25.8. The van der Waals surface area contributed by atoms with Crippen LogP contribution in [0.2, 0.25) is 0 Å². The van der Waals surface area contributed by atoms with Crippen molar-refractivity contribution < 1.29 is 32.3 Å². The van der Waals surface area contributed by atoms with E-state index < -0.39 is 29.1 Å². The van der Waals surface area contributed by atoms with Crippen molar-refractivity contribution in [3.05, 3.63) is 107 Å². The molecule has 48 heavy (non-hydrogen) atoms. The second-order valence-electron chi connectivity index (χ2n) is 11.1. The van der Waals surface area contributed by atoms with E-state index in [-0.39, 0.29) is 39.9 Å². The van der Waals surface area contributed by atoms with Crippen LogP contribution in [0, 0.1) is 6.92 Å². The average molecular weight is 658 g/mol. The maximum atomic E-state index is 13.1. The lowest BCUT2D eigenvalue weighted by atomic mass is 9.89. The molecule has 0 radical (unpaired) electrons. The summed E-state index contributed by atoms with van der Waals surface area (Å²) in [5.74, 6) is 0.419. The molecule has 3 amide bonds. The number of hydrogen-bond acceptors (Lipinski definition) is 8. The highest BCUT2D eigenvalue weighted by Gasteiger charge is 2.43. The summed E-state index contributed by atoms with van der Waals surface area (Å²) in [4.78, 5) is 58.7. The number of alkyl halides is 3. The Morgan fingerprint density at radius 1 is 0.854 bits per heavy atom. The smallest absolute Gasteiger partial charge is 0.324 e. The van der Waals surface area contributed by atoms with Crippen LogP contribution in [-0.2, 0) is 15.8 Å². The first-order valence-electron chi connectivity index (χ1n) is 14.8. The SMILES string of the molecule is CC(=C=O)[C@]1(C(=O)Nc2cccc(Nc3ncc(NC(=O)c4cc(NC(=O)c5cccc(C(F)(F)F)c5)ccc4C)cn3)c2)CCCN1. The normalized spacial score (nSPS) is 15.6. The lowest BCUT2D eigenvalue weighted by molar-refractivity contribution is -0.137. The molecule has 3 aromatic carbocycles. The number of anilines is 5. The highest BCUT2D eigenvalue weighted by Crippen LogP contribution is 2.30. The van der Waals surface area contributed by atoms with Crippen LogP contribution < -0.4 is 26.6 Å². The standard InChI is InChI=1S/C34H30F3N7O4/c1-20-10-11-26(41-29(46)22-6-3-7-23(14-22)34(35,36)37)16-28(20)30(47)42-27-17-38-32(39-18-27)44-25-9-4-8-24(15-25)43-31(48)33(21(2)19-45)12-5-13-40-33/h3-4,6-11,14-18,40H,5,12-13H2,1-2H3,(H,41,46)(H,42,47)(H,43,48)(H,38,39,44)/t33-/m0/s1. The number of aryl methyl sites for hydroxylation is 1. The lowest BCUT2D eigenvalue weighted by Gasteiger charge is -2.27. The van der Waals surface area contributed by atoms with Crippen LogP contribution in [0.4, 0.5) is 41.9 Å². The molecule has 1 aromatic heterocycles. The molecule has 11 nitrogen and oxygen atoms in total. The molecule has 1 fully saturated rings. The summed E-state index contributed by atoms with van der Waals surface area (Å²) < 4.78 is 39.2. The van der Waals surface area contributed by atoms with Crippen LogP contribution in [0.5, 0.6) is 0 Å². The minimum Gasteiger partial charge on any atom is -0.324 e. The fraction of sp³-hybridized carbons (Fsp3) is 0.206. The van der Waals surface area contributed by atoms with Gasteiger partial charge in [-0.05, 0) is 87.3 Å². The topological polar surface area (TPSA) is 154 Å². The van der Waals surface area contributed by atoms with Crippen molar-refractivity contribution in [2.75, 3.05) is 27.8 Å². The van der Waals surface area contributed by atoms with Crippen molar-refractivity contribution in [1.29, 1.82) is 0 Å². The van der Waals surface area contributed by atoms with E-state index in [4.69, 9.17) is 0 Å². The average Bonchev–Trinajstić information content (AvgIpc) is 3.58. The molecule has 0 spiro atoms. The van der Waals surface area contributed by atoms with Crippen molar-refractivity contribution in [3.8, 4) is 0 Å². The third-order valence-corrected chi connectivity index (χ3v) is 7.81. The van der Waals surface area contributed by atoms with Gasteiger partial charge in [-0.25, -0.2) is 14.8 Å². The van der Waals surface area contributed by atoms with E-state index in [1.54, 1.807) is 44.2 Å². The third-order valence-electron chi connectivity index (χ3n) is 7.81. The van der Waals surface area contributed by atoms with Gasteiger partial charge in [-0.15, -0.1) is 0 Å². The van der Waals surface area contributed by atoms with E-state index in [9.17, 15) is 32.3 Å². The summed E-state index contributed by atoms with van der Waals surface area (Å²) in [5, 5.41) is 14.2. The van der Waals surface area contributed by atoms with Crippen LogP contribution in [-0.4, -0.2) is 45.7 Å². The number of nitrogens with zero attached hydrogens (tertiary/aromatic N) is 2. The van der Waals surface area contributed by atoms with E-state index >= 15 is 0 Å². The zero-order valence-electron chi connectivity index (χ0n) is 25.8. The number of carbonyl (C=O) groups is 3. The Kier molecular flexibility index (Phi) is 9.69. The van der Waals surface area contributed by atoms with Gasteiger partial charge in [0.05, 0.1) is 23.6 Å². The Morgan fingerprint density at radius 3 is 2.23 bits per heavy atom. The van der Waals surface area contributed by atoms with E-state index in [2.05, 4.69) is 36.6 Å². The minimum absolute atomic E-state index is 0.185. The van der Waals surface area contributed by atoms with Gasteiger partial charge in [0.25, 0.3) is 11.8 Å². The predicted octanol–water partition coefficient (Wildman–Crippen LogP) is 5.89. The largest absolute Gasteiger partial charge is 0.416 e. The van der Waals surface area contributed by atoms with Crippen molar-refractivity contribution in [1.82, 2.24) is 15.3 Å². The first-order chi connectivity index (χ1) is 22.9. The third kappa shape index (κ3) is 7.57. The first kappa shape index (κ1) is 33.5. The molecule has 1 saturated heterocycles. The summed E-state index contributed by atoms with van der Waals surface area (Å²) in [7, 11) is 0. The second kappa shape index (κ2) is 13.9. The van der Waals surface area contributed by atoms with Crippen molar-refractivity contribution in [2.24, 2.45) is 0 Å². The molecule has 1 atom stereocenters. The number of amides is 3. The van der Waals surface area contributed by atoms with Crippen molar-refractivity contribution in [2.45, 2.75) is 38.4 Å². The second-order valence-corrected chi connectivity index (χ2v) is 11.1. The molecule has 0 saturated carbocycles. The summed E-state index contributed by atoms with van der Waals surface area (Å²) in [6.45, 7) is 3.88. The van der Waals surface area contributed by atoms with Gasteiger partial charge < -0.3 is 21.3 Å². The quantitative estimate of drug-likeness (QED) is 0.140. The predicted molar refractivity (Wildman–Crippen MR) is 174 cm³/mol. The number of nitrogens with one attached hydrogen (secondary N) is 5. The monoisotopic (exact) mass is 657 g/mol. The maximum Gasteiger partial charge on any atom is 0.416 e. The molecule has 0 bridgehead atoms. The maximum absolute atomic E-state index is 13.1. The highest BCUT2D eigenvalue weighted by molar-refractivity contribution is 6.08. The highest BCUT2D eigenvalue weighted by atomic mass is 19.4. The van der Waals surface area contributed by atoms with Crippen molar-refractivity contribution >= 4 is 52.4 Å². The summed E-state index contributed by atoms with van der Waals surface area (Å²) in [5.41, 5.74) is 0.402. The molecule has 0 unspecified atom stereocenters. The van der Waals surface area contributed by atoms with E-state index in [1.807, 2.05) is 5.94 Å². The van der Waals surface area contributed by atoms with Crippen LogP contribution in [0.25, 0.3) is 0 Å². The Labute approximate surface area is 273 Å². The number of carbonyl (C=O) groups excluding carboxylic acids is 4. The van der Waals surface area contributed by atoms with Crippen LogP contribution in [0.1, 0.15) is 51.6 Å². The lowest BCUT2D eigenvalue weighted by Crippen LogP contribution is -2.51. The first-order valence-corrected chi connectivity index (χ1v) is 14.8. The Hall–Kier alpha value is -5.85. The molecule has 1 aliphatic rings. The summed E-state index contributed by atoms with van der Waals surface area (Å²) >= 11 is 0. The fourth-order valence-electron chi connectivity index (χ4n) is 5.20. The zero-order chi connectivity index (χ0) is 34.5.